The van der Waals surface area contributed by atoms with Gasteiger partial charge in [-0.15, -0.1) is 0 Å². The van der Waals surface area contributed by atoms with Crippen LogP contribution in [0.15, 0.2) is 24.3 Å². The van der Waals surface area contributed by atoms with Crippen LogP contribution in [0.25, 0.3) is 0 Å². The highest BCUT2D eigenvalue weighted by Crippen LogP contribution is 2.31. The molecule has 0 N–H and O–H groups in total. The molecule has 1 aliphatic rings. The molecule has 1 aromatic rings. The van der Waals surface area contributed by atoms with Crippen LogP contribution in [0.3, 0.4) is 0 Å². The highest BCUT2D eigenvalue weighted by molar-refractivity contribution is 5.69. The van der Waals surface area contributed by atoms with Crippen molar-refractivity contribution in [2.45, 2.75) is 12.5 Å². The van der Waals surface area contributed by atoms with E-state index in [4.69, 9.17) is 9.47 Å². The Morgan fingerprint density at radius 1 is 1.47 bits per heavy atom. The summed E-state index contributed by atoms with van der Waals surface area (Å²) in [5, 5.41) is 0. The summed E-state index contributed by atoms with van der Waals surface area (Å²) in [5.74, 6) is 1.11. The van der Waals surface area contributed by atoms with Crippen LogP contribution in [-0.4, -0.2) is 25.8 Å². The molecule has 1 aromatic carbocycles. The summed E-state index contributed by atoms with van der Waals surface area (Å²) < 4.78 is 15.6. The Morgan fingerprint density at radius 2 is 2.20 bits per heavy atom. The van der Waals surface area contributed by atoms with E-state index >= 15 is 0 Å². The lowest BCUT2D eigenvalue weighted by Gasteiger charge is -2.25. The molecule has 0 aromatic heterocycles. The predicted octanol–water partition coefficient (Wildman–Crippen LogP) is 1.39. The van der Waals surface area contributed by atoms with Crippen LogP contribution < -0.4 is 9.47 Å². The Labute approximate surface area is 87.8 Å². The number of carbonyl (C=O) groups excluding carboxylic acids is 1. The summed E-state index contributed by atoms with van der Waals surface area (Å²) in [7, 11) is 1.36. The van der Waals surface area contributed by atoms with Gasteiger partial charge in [-0.3, -0.25) is 4.79 Å². The second kappa shape index (κ2) is 4.21. The number of hydrogen-bond acceptors (Lipinski definition) is 4. The van der Waals surface area contributed by atoms with Crippen molar-refractivity contribution in [3.05, 3.63) is 24.3 Å². The van der Waals surface area contributed by atoms with Crippen LogP contribution in [0, 0.1) is 0 Å². The largest absolute Gasteiger partial charge is 0.486 e. The highest BCUT2D eigenvalue weighted by Gasteiger charge is 2.23. The minimum atomic E-state index is -0.289. The van der Waals surface area contributed by atoms with Crippen LogP contribution >= 0.6 is 0 Å². The highest BCUT2D eigenvalue weighted by atomic mass is 16.6. The van der Waals surface area contributed by atoms with E-state index in [0.29, 0.717) is 12.4 Å². The van der Waals surface area contributed by atoms with Crippen molar-refractivity contribution in [2.75, 3.05) is 13.7 Å². The van der Waals surface area contributed by atoms with Crippen molar-refractivity contribution < 1.29 is 19.0 Å². The molecule has 0 bridgehead atoms. The van der Waals surface area contributed by atoms with Crippen molar-refractivity contribution >= 4 is 5.97 Å². The molecule has 1 aliphatic heterocycles. The average Bonchev–Trinajstić information content (AvgIpc) is 2.29. The maximum atomic E-state index is 11.0. The fourth-order valence-corrected chi connectivity index (χ4v) is 1.43. The minimum Gasteiger partial charge on any atom is -0.486 e. The third kappa shape index (κ3) is 2.21. The molecule has 0 amide bonds. The second-order valence-electron chi connectivity index (χ2n) is 3.28. The minimum absolute atomic E-state index is 0.213. The molecule has 4 heteroatoms. The summed E-state index contributed by atoms with van der Waals surface area (Å²) in [6.45, 7) is 0.381. The monoisotopic (exact) mass is 208 g/mol. The lowest BCUT2D eigenvalue weighted by molar-refractivity contribution is -0.143. The van der Waals surface area contributed by atoms with E-state index in [1.54, 1.807) is 0 Å². The van der Waals surface area contributed by atoms with Crippen LogP contribution in [0.4, 0.5) is 0 Å². The zero-order valence-electron chi connectivity index (χ0n) is 8.43. The van der Waals surface area contributed by atoms with Gasteiger partial charge in [-0.1, -0.05) is 12.1 Å². The van der Waals surface area contributed by atoms with Crippen molar-refractivity contribution in [3.8, 4) is 11.5 Å². The predicted molar refractivity (Wildman–Crippen MR) is 53.0 cm³/mol. The van der Waals surface area contributed by atoms with Crippen molar-refractivity contribution in [1.82, 2.24) is 0 Å². The molecule has 0 fully saturated rings. The normalized spacial score (nSPS) is 18.3. The first-order valence-electron chi connectivity index (χ1n) is 4.75. The number of methoxy groups -OCH3 is 1. The third-order valence-corrected chi connectivity index (χ3v) is 2.19. The van der Waals surface area contributed by atoms with Crippen LogP contribution in [0.1, 0.15) is 6.42 Å². The number of fused-ring (bicyclic) bond motifs is 1. The molecule has 1 atom stereocenters. The molecule has 15 heavy (non-hydrogen) atoms. The number of hydrogen-bond donors (Lipinski definition) is 0. The first-order valence-corrected chi connectivity index (χ1v) is 4.75. The quantitative estimate of drug-likeness (QED) is 0.689. The molecular formula is C11H12O4. The molecule has 1 heterocycles. The van der Waals surface area contributed by atoms with Gasteiger partial charge in [0.1, 0.15) is 12.7 Å². The van der Waals surface area contributed by atoms with Crippen LogP contribution in [0.2, 0.25) is 0 Å². The first kappa shape index (κ1) is 9.83. The van der Waals surface area contributed by atoms with Gasteiger partial charge in [0.05, 0.1) is 13.5 Å². The van der Waals surface area contributed by atoms with Gasteiger partial charge in [0.25, 0.3) is 0 Å². The molecule has 2 rings (SSSR count). The van der Waals surface area contributed by atoms with E-state index in [0.717, 1.165) is 5.75 Å². The zero-order chi connectivity index (χ0) is 10.7. The Hall–Kier alpha value is -1.71. The topological polar surface area (TPSA) is 44.8 Å². The third-order valence-electron chi connectivity index (χ3n) is 2.19. The van der Waals surface area contributed by atoms with Gasteiger partial charge in [-0.2, -0.15) is 0 Å². The molecule has 4 nitrogen and oxygen atoms in total. The fourth-order valence-electron chi connectivity index (χ4n) is 1.43. The van der Waals surface area contributed by atoms with Gasteiger partial charge >= 0.3 is 5.97 Å². The van der Waals surface area contributed by atoms with E-state index in [1.165, 1.54) is 7.11 Å². The smallest absolute Gasteiger partial charge is 0.309 e. The maximum Gasteiger partial charge on any atom is 0.309 e. The number of para-hydroxylation sites is 2. The van der Waals surface area contributed by atoms with E-state index in [-0.39, 0.29) is 18.5 Å². The van der Waals surface area contributed by atoms with Crippen molar-refractivity contribution in [3.63, 3.8) is 0 Å². The van der Waals surface area contributed by atoms with Crippen LogP contribution in [-0.2, 0) is 9.53 Å². The molecular weight excluding hydrogens is 196 g/mol. The van der Waals surface area contributed by atoms with E-state index in [2.05, 4.69) is 4.74 Å². The lowest BCUT2D eigenvalue weighted by atomic mass is 10.2. The van der Waals surface area contributed by atoms with Gasteiger partial charge in [-0.25, -0.2) is 0 Å². The van der Waals surface area contributed by atoms with Crippen LogP contribution in [0.5, 0.6) is 11.5 Å². The Morgan fingerprint density at radius 3 is 2.93 bits per heavy atom. The van der Waals surface area contributed by atoms with Crippen molar-refractivity contribution in [1.29, 1.82) is 0 Å². The molecule has 0 saturated carbocycles. The van der Waals surface area contributed by atoms with Gasteiger partial charge in [-0.05, 0) is 12.1 Å². The Balaban J connectivity index is 2.02. The molecule has 0 unspecified atom stereocenters. The first-order chi connectivity index (χ1) is 7.29. The lowest BCUT2D eigenvalue weighted by Crippen LogP contribution is -2.31. The van der Waals surface area contributed by atoms with Gasteiger partial charge < -0.3 is 14.2 Å². The van der Waals surface area contributed by atoms with Gasteiger partial charge in [0.15, 0.2) is 11.5 Å². The zero-order valence-corrected chi connectivity index (χ0v) is 8.43. The summed E-state index contributed by atoms with van der Waals surface area (Å²) in [6.07, 6.45) is -0.0440. The molecule has 0 radical (unpaired) electrons. The second-order valence-corrected chi connectivity index (χ2v) is 3.28. The standard InChI is InChI=1S/C11H12O4/c1-13-11(12)6-8-7-14-9-4-2-3-5-10(9)15-8/h2-5,8H,6-7H2,1H3/t8-/m0/s1. The number of rotatable bonds is 2. The summed E-state index contributed by atoms with van der Waals surface area (Å²) in [4.78, 5) is 11.0. The summed E-state index contributed by atoms with van der Waals surface area (Å²) >= 11 is 0. The summed E-state index contributed by atoms with van der Waals surface area (Å²) in [5.41, 5.74) is 0. The fraction of sp³-hybridized carbons (Fsp3) is 0.364. The van der Waals surface area contributed by atoms with Gasteiger partial charge in [0.2, 0.25) is 0 Å². The Bertz CT molecular complexity index is 361. The number of esters is 1. The number of benzene rings is 1. The molecule has 0 spiro atoms. The maximum absolute atomic E-state index is 11.0. The number of ether oxygens (including phenoxy) is 3. The molecule has 0 aliphatic carbocycles. The molecule has 80 valence electrons. The Kier molecular flexibility index (Phi) is 2.76. The van der Waals surface area contributed by atoms with Crippen molar-refractivity contribution in [2.24, 2.45) is 0 Å². The van der Waals surface area contributed by atoms with E-state index in [1.807, 2.05) is 24.3 Å². The SMILES string of the molecule is COC(=O)C[C@H]1COc2ccccc2O1. The number of carbonyl (C=O) groups is 1. The van der Waals surface area contributed by atoms with E-state index in [9.17, 15) is 4.79 Å². The average molecular weight is 208 g/mol. The van der Waals surface area contributed by atoms with Gasteiger partial charge in [0, 0.05) is 0 Å². The summed E-state index contributed by atoms with van der Waals surface area (Å²) in [6, 6.07) is 7.40. The van der Waals surface area contributed by atoms with E-state index < -0.39 is 0 Å². The molecule has 0 saturated heterocycles.